The molecule has 0 saturated carbocycles. The highest BCUT2D eigenvalue weighted by atomic mass is 16.1. The van der Waals surface area contributed by atoms with Crippen molar-refractivity contribution in [1.82, 2.24) is 16.0 Å². The monoisotopic (exact) mass is 241 g/mol. The van der Waals surface area contributed by atoms with E-state index >= 15 is 0 Å². The highest BCUT2D eigenvalue weighted by Crippen LogP contribution is 2.09. The molecule has 0 bridgehead atoms. The van der Waals surface area contributed by atoms with Crippen LogP contribution >= 0.6 is 0 Å². The Bertz CT molecular complexity index is 229. The van der Waals surface area contributed by atoms with Crippen molar-refractivity contribution >= 4 is 5.91 Å². The van der Waals surface area contributed by atoms with Crippen LogP contribution in [0.2, 0.25) is 0 Å². The lowest BCUT2D eigenvalue weighted by molar-refractivity contribution is -0.122. The number of amides is 1. The van der Waals surface area contributed by atoms with Crippen molar-refractivity contribution in [1.29, 1.82) is 0 Å². The van der Waals surface area contributed by atoms with Gasteiger partial charge in [0.15, 0.2) is 0 Å². The number of hydrogen-bond donors (Lipinski definition) is 3. The Morgan fingerprint density at radius 3 is 2.53 bits per heavy atom. The molecule has 1 aliphatic heterocycles. The number of carbonyl (C=O) groups excluding carboxylic acids is 1. The van der Waals surface area contributed by atoms with Gasteiger partial charge in [0.25, 0.3) is 0 Å². The molecule has 0 aromatic carbocycles. The Morgan fingerprint density at radius 1 is 1.29 bits per heavy atom. The van der Waals surface area contributed by atoms with Gasteiger partial charge in [-0.3, -0.25) is 4.79 Å². The van der Waals surface area contributed by atoms with Crippen molar-refractivity contribution in [3.63, 3.8) is 0 Å². The maximum absolute atomic E-state index is 11.5. The summed E-state index contributed by atoms with van der Waals surface area (Å²) >= 11 is 0. The molecule has 0 aliphatic carbocycles. The maximum atomic E-state index is 11.5. The first-order chi connectivity index (χ1) is 7.97. The van der Waals surface area contributed by atoms with E-state index in [1.165, 1.54) is 12.8 Å². The third-order valence-electron chi connectivity index (χ3n) is 2.93. The van der Waals surface area contributed by atoms with E-state index in [2.05, 4.69) is 16.0 Å². The fourth-order valence-electron chi connectivity index (χ4n) is 2.07. The van der Waals surface area contributed by atoms with E-state index < -0.39 is 0 Å². The summed E-state index contributed by atoms with van der Waals surface area (Å²) in [5.41, 5.74) is -0.119. The van der Waals surface area contributed by atoms with E-state index in [0.29, 0.717) is 6.42 Å². The molecule has 0 aromatic rings. The van der Waals surface area contributed by atoms with Gasteiger partial charge in [0.1, 0.15) is 0 Å². The van der Waals surface area contributed by atoms with Crippen LogP contribution in [0.15, 0.2) is 0 Å². The molecule has 3 N–H and O–H groups in total. The van der Waals surface area contributed by atoms with Crippen molar-refractivity contribution in [2.75, 3.05) is 26.2 Å². The SMILES string of the molecule is CC(C)(C)NC(=O)CCNCC1CCNCC1. The van der Waals surface area contributed by atoms with Gasteiger partial charge in [-0.05, 0) is 59.2 Å². The lowest BCUT2D eigenvalue weighted by Crippen LogP contribution is -2.42. The van der Waals surface area contributed by atoms with Crippen molar-refractivity contribution in [3.05, 3.63) is 0 Å². The predicted octanol–water partition coefficient (Wildman–Crippen LogP) is 0.880. The molecule has 17 heavy (non-hydrogen) atoms. The van der Waals surface area contributed by atoms with Crippen LogP contribution in [0.3, 0.4) is 0 Å². The third-order valence-corrected chi connectivity index (χ3v) is 2.93. The average Bonchev–Trinajstić information content (AvgIpc) is 2.23. The molecule has 0 unspecified atom stereocenters. The minimum atomic E-state index is -0.119. The zero-order valence-corrected chi connectivity index (χ0v) is 11.4. The van der Waals surface area contributed by atoms with Gasteiger partial charge in [0.2, 0.25) is 5.91 Å². The van der Waals surface area contributed by atoms with E-state index in [1.54, 1.807) is 0 Å². The van der Waals surface area contributed by atoms with Gasteiger partial charge in [-0.15, -0.1) is 0 Å². The third kappa shape index (κ3) is 7.34. The van der Waals surface area contributed by atoms with Crippen molar-refractivity contribution in [2.24, 2.45) is 5.92 Å². The molecule has 100 valence electrons. The van der Waals surface area contributed by atoms with Crippen LogP contribution in [-0.4, -0.2) is 37.6 Å². The van der Waals surface area contributed by atoms with Gasteiger partial charge in [0.05, 0.1) is 0 Å². The quantitative estimate of drug-likeness (QED) is 0.626. The first-order valence-corrected chi connectivity index (χ1v) is 6.70. The molecule has 1 aliphatic rings. The lowest BCUT2D eigenvalue weighted by Gasteiger charge is -2.23. The second kappa shape index (κ2) is 6.97. The summed E-state index contributed by atoms with van der Waals surface area (Å²) in [5.74, 6) is 0.914. The van der Waals surface area contributed by atoms with Crippen molar-refractivity contribution in [2.45, 2.75) is 45.6 Å². The minimum absolute atomic E-state index is 0.119. The highest BCUT2D eigenvalue weighted by molar-refractivity contribution is 5.76. The van der Waals surface area contributed by atoms with Crippen LogP contribution in [0.1, 0.15) is 40.0 Å². The molecule has 4 heteroatoms. The van der Waals surface area contributed by atoms with Gasteiger partial charge in [0, 0.05) is 18.5 Å². The second-order valence-electron chi connectivity index (χ2n) is 5.95. The molecule has 0 spiro atoms. The van der Waals surface area contributed by atoms with Crippen LogP contribution in [-0.2, 0) is 4.79 Å². The lowest BCUT2D eigenvalue weighted by atomic mass is 9.98. The second-order valence-corrected chi connectivity index (χ2v) is 5.95. The van der Waals surface area contributed by atoms with E-state index in [0.717, 1.165) is 32.1 Å². The average molecular weight is 241 g/mol. The first kappa shape index (κ1) is 14.5. The number of hydrogen-bond acceptors (Lipinski definition) is 3. The van der Waals surface area contributed by atoms with Crippen molar-refractivity contribution < 1.29 is 4.79 Å². The van der Waals surface area contributed by atoms with E-state index in [4.69, 9.17) is 0 Å². The molecular formula is C13H27N3O. The Kier molecular flexibility index (Phi) is 5.92. The van der Waals surface area contributed by atoms with Crippen LogP contribution in [0.5, 0.6) is 0 Å². The first-order valence-electron chi connectivity index (χ1n) is 6.70. The van der Waals surface area contributed by atoms with E-state index in [-0.39, 0.29) is 11.4 Å². The molecular weight excluding hydrogens is 214 g/mol. The molecule has 1 saturated heterocycles. The standard InChI is InChI=1S/C13H27N3O/c1-13(2,3)16-12(17)6-9-15-10-11-4-7-14-8-5-11/h11,14-15H,4-10H2,1-3H3,(H,16,17). The summed E-state index contributed by atoms with van der Waals surface area (Å²) in [6.45, 7) is 10.1. The number of rotatable bonds is 5. The Balaban J connectivity index is 2.01. The van der Waals surface area contributed by atoms with Crippen LogP contribution in [0, 0.1) is 5.92 Å². The smallest absolute Gasteiger partial charge is 0.221 e. The van der Waals surface area contributed by atoms with Gasteiger partial charge < -0.3 is 16.0 Å². The minimum Gasteiger partial charge on any atom is -0.351 e. The van der Waals surface area contributed by atoms with Gasteiger partial charge >= 0.3 is 0 Å². The van der Waals surface area contributed by atoms with Gasteiger partial charge in [-0.2, -0.15) is 0 Å². The van der Waals surface area contributed by atoms with Gasteiger partial charge in [-0.1, -0.05) is 0 Å². The summed E-state index contributed by atoms with van der Waals surface area (Å²) in [6.07, 6.45) is 3.07. The Labute approximate surface area is 105 Å². The number of nitrogens with one attached hydrogen (secondary N) is 3. The largest absolute Gasteiger partial charge is 0.351 e. The molecule has 0 aromatic heterocycles. The van der Waals surface area contributed by atoms with Gasteiger partial charge in [-0.25, -0.2) is 0 Å². The molecule has 0 atom stereocenters. The Morgan fingerprint density at radius 2 is 1.94 bits per heavy atom. The molecule has 1 amide bonds. The topological polar surface area (TPSA) is 53.2 Å². The fourth-order valence-corrected chi connectivity index (χ4v) is 2.07. The molecule has 1 rings (SSSR count). The molecule has 0 radical (unpaired) electrons. The maximum Gasteiger partial charge on any atom is 0.221 e. The summed E-state index contributed by atoms with van der Waals surface area (Å²) in [6, 6.07) is 0. The van der Waals surface area contributed by atoms with Crippen LogP contribution in [0.25, 0.3) is 0 Å². The highest BCUT2D eigenvalue weighted by Gasteiger charge is 2.14. The van der Waals surface area contributed by atoms with E-state index in [9.17, 15) is 4.79 Å². The zero-order chi connectivity index (χ0) is 12.7. The number of piperidine rings is 1. The predicted molar refractivity (Wildman–Crippen MR) is 71.0 cm³/mol. The molecule has 1 fully saturated rings. The summed E-state index contributed by atoms with van der Waals surface area (Å²) in [7, 11) is 0. The summed E-state index contributed by atoms with van der Waals surface area (Å²) < 4.78 is 0. The molecule has 4 nitrogen and oxygen atoms in total. The Hall–Kier alpha value is -0.610. The van der Waals surface area contributed by atoms with E-state index in [1.807, 2.05) is 20.8 Å². The fraction of sp³-hybridized carbons (Fsp3) is 0.923. The normalized spacial score (nSPS) is 18.1. The zero-order valence-electron chi connectivity index (χ0n) is 11.4. The van der Waals surface area contributed by atoms with Crippen LogP contribution < -0.4 is 16.0 Å². The van der Waals surface area contributed by atoms with Crippen molar-refractivity contribution in [3.8, 4) is 0 Å². The molecule has 1 heterocycles. The number of carbonyl (C=O) groups is 1. The summed E-state index contributed by atoms with van der Waals surface area (Å²) in [4.78, 5) is 11.5. The summed E-state index contributed by atoms with van der Waals surface area (Å²) in [5, 5.41) is 9.71. The van der Waals surface area contributed by atoms with Crippen LogP contribution in [0.4, 0.5) is 0 Å².